The molecular weight excluding hydrogens is 229 g/mol. The normalized spacial score (nSPS) is 10.7. The first-order chi connectivity index (χ1) is 8.70. The van der Waals surface area contributed by atoms with Gasteiger partial charge in [0.15, 0.2) is 0 Å². The molecule has 18 heavy (non-hydrogen) atoms. The van der Waals surface area contributed by atoms with Gasteiger partial charge in [-0.05, 0) is 29.7 Å². The molecule has 1 aromatic heterocycles. The smallest absolute Gasteiger partial charge is 0.456 e. The molecule has 0 amide bonds. The molecular formula is C13H8BNO3. The maximum atomic E-state index is 9.37. The highest BCUT2D eigenvalue weighted by Gasteiger charge is 2.19. The molecule has 3 rings (SSSR count). The van der Waals surface area contributed by atoms with Crippen molar-refractivity contribution in [2.24, 2.45) is 0 Å². The van der Waals surface area contributed by atoms with Gasteiger partial charge in [0.05, 0.1) is 11.6 Å². The Balaban J connectivity index is 2.49. The fourth-order valence-electron chi connectivity index (χ4n) is 2.14. The van der Waals surface area contributed by atoms with Crippen LogP contribution in [0, 0.1) is 11.3 Å². The van der Waals surface area contributed by atoms with Gasteiger partial charge >= 0.3 is 7.12 Å². The molecule has 4 nitrogen and oxygen atoms in total. The van der Waals surface area contributed by atoms with Crippen LogP contribution in [0.4, 0.5) is 0 Å². The van der Waals surface area contributed by atoms with Crippen molar-refractivity contribution in [2.75, 3.05) is 0 Å². The van der Waals surface area contributed by atoms with Crippen molar-refractivity contribution >= 4 is 34.5 Å². The Morgan fingerprint density at radius 3 is 2.67 bits per heavy atom. The van der Waals surface area contributed by atoms with Crippen LogP contribution >= 0.6 is 0 Å². The molecule has 0 atom stereocenters. The summed E-state index contributed by atoms with van der Waals surface area (Å²) in [5.74, 6) is 0. The zero-order chi connectivity index (χ0) is 12.7. The fourth-order valence-corrected chi connectivity index (χ4v) is 2.14. The lowest BCUT2D eigenvalue weighted by molar-refractivity contribution is 0.426. The SMILES string of the molecule is N#Cc1ccc2oc3cccc(B(O)O)c3c2c1. The maximum absolute atomic E-state index is 9.37. The number of nitriles is 1. The van der Waals surface area contributed by atoms with Gasteiger partial charge in [0.25, 0.3) is 0 Å². The number of hydrogen-bond acceptors (Lipinski definition) is 4. The average molecular weight is 237 g/mol. The van der Waals surface area contributed by atoms with Crippen molar-refractivity contribution in [3.8, 4) is 6.07 Å². The third-order valence-corrected chi connectivity index (χ3v) is 2.93. The predicted octanol–water partition coefficient (Wildman–Crippen LogP) is 1.14. The monoisotopic (exact) mass is 237 g/mol. The Morgan fingerprint density at radius 2 is 1.94 bits per heavy atom. The van der Waals surface area contributed by atoms with Gasteiger partial charge in [-0.3, -0.25) is 0 Å². The highest BCUT2D eigenvalue weighted by molar-refractivity contribution is 6.62. The molecule has 0 aliphatic heterocycles. The topological polar surface area (TPSA) is 77.4 Å². The third-order valence-electron chi connectivity index (χ3n) is 2.93. The van der Waals surface area contributed by atoms with E-state index in [2.05, 4.69) is 6.07 Å². The van der Waals surface area contributed by atoms with Crippen LogP contribution in [0.1, 0.15) is 5.56 Å². The van der Waals surface area contributed by atoms with Crippen LogP contribution < -0.4 is 5.46 Å². The first-order valence-electron chi connectivity index (χ1n) is 5.42. The van der Waals surface area contributed by atoms with Gasteiger partial charge in [-0.2, -0.15) is 5.26 Å². The minimum Gasteiger partial charge on any atom is -0.456 e. The van der Waals surface area contributed by atoms with Crippen molar-refractivity contribution in [3.05, 3.63) is 42.0 Å². The van der Waals surface area contributed by atoms with Crippen molar-refractivity contribution < 1.29 is 14.5 Å². The van der Waals surface area contributed by atoms with E-state index in [1.54, 1.807) is 36.4 Å². The first-order valence-corrected chi connectivity index (χ1v) is 5.42. The molecule has 0 saturated heterocycles. The van der Waals surface area contributed by atoms with Gasteiger partial charge in [0, 0.05) is 10.8 Å². The fraction of sp³-hybridized carbons (Fsp3) is 0. The van der Waals surface area contributed by atoms with E-state index >= 15 is 0 Å². The molecule has 5 heteroatoms. The molecule has 0 aliphatic rings. The lowest BCUT2D eigenvalue weighted by Gasteiger charge is -2.00. The molecule has 1 heterocycles. The number of fused-ring (bicyclic) bond motifs is 3. The zero-order valence-corrected chi connectivity index (χ0v) is 9.29. The summed E-state index contributed by atoms with van der Waals surface area (Å²) in [5, 5.41) is 29.0. The van der Waals surface area contributed by atoms with Crippen molar-refractivity contribution in [1.82, 2.24) is 0 Å². The van der Waals surface area contributed by atoms with E-state index in [1.807, 2.05) is 0 Å². The lowest BCUT2D eigenvalue weighted by atomic mass is 9.77. The zero-order valence-electron chi connectivity index (χ0n) is 9.29. The standard InChI is InChI=1S/C13H8BNO3/c15-7-8-4-5-11-9(6-8)13-10(14(16)17)2-1-3-12(13)18-11/h1-6,16-17H. The summed E-state index contributed by atoms with van der Waals surface area (Å²) < 4.78 is 5.61. The predicted molar refractivity (Wildman–Crippen MR) is 68.3 cm³/mol. The molecule has 0 saturated carbocycles. The van der Waals surface area contributed by atoms with Crippen LogP contribution in [0.3, 0.4) is 0 Å². The Labute approximate surface area is 103 Å². The van der Waals surface area contributed by atoms with Gasteiger partial charge in [-0.15, -0.1) is 0 Å². The Bertz CT molecular complexity index is 786. The van der Waals surface area contributed by atoms with E-state index in [4.69, 9.17) is 9.68 Å². The highest BCUT2D eigenvalue weighted by Crippen LogP contribution is 2.28. The second-order valence-electron chi connectivity index (χ2n) is 4.02. The number of rotatable bonds is 1. The molecule has 0 aliphatic carbocycles. The maximum Gasteiger partial charge on any atom is 0.489 e. The van der Waals surface area contributed by atoms with E-state index in [1.165, 1.54) is 0 Å². The van der Waals surface area contributed by atoms with E-state index in [-0.39, 0.29) is 0 Å². The lowest BCUT2D eigenvalue weighted by Crippen LogP contribution is -2.30. The summed E-state index contributed by atoms with van der Waals surface area (Å²) in [6.07, 6.45) is 0. The van der Waals surface area contributed by atoms with Crippen molar-refractivity contribution in [3.63, 3.8) is 0 Å². The second kappa shape index (κ2) is 3.88. The summed E-state index contributed by atoms with van der Waals surface area (Å²) in [7, 11) is -1.57. The summed E-state index contributed by atoms with van der Waals surface area (Å²) in [6, 6.07) is 12.2. The molecule has 0 radical (unpaired) electrons. The molecule has 0 bridgehead atoms. The number of furan rings is 1. The Morgan fingerprint density at radius 1 is 1.11 bits per heavy atom. The number of nitrogens with zero attached hydrogens (tertiary/aromatic N) is 1. The van der Waals surface area contributed by atoms with Crippen LogP contribution in [0.2, 0.25) is 0 Å². The molecule has 86 valence electrons. The summed E-state index contributed by atoms with van der Waals surface area (Å²) in [4.78, 5) is 0. The summed E-state index contributed by atoms with van der Waals surface area (Å²) in [6.45, 7) is 0. The molecule has 2 N–H and O–H groups in total. The second-order valence-corrected chi connectivity index (χ2v) is 4.02. The number of hydrogen-bond donors (Lipinski definition) is 2. The van der Waals surface area contributed by atoms with E-state index in [9.17, 15) is 10.0 Å². The molecule has 3 aromatic rings. The Hall–Kier alpha value is -2.29. The minimum atomic E-state index is -1.57. The quantitative estimate of drug-likeness (QED) is 0.622. The first kappa shape index (κ1) is 10.8. The largest absolute Gasteiger partial charge is 0.489 e. The van der Waals surface area contributed by atoms with Crippen molar-refractivity contribution in [1.29, 1.82) is 5.26 Å². The van der Waals surface area contributed by atoms with Gasteiger partial charge in [-0.1, -0.05) is 12.1 Å². The molecule has 0 unspecified atom stereocenters. The van der Waals surface area contributed by atoms with E-state index in [0.717, 1.165) is 0 Å². The van der Waals surface area contributed by atoms with Crippen LogP contribution in [-0.2, 0) is 0 Å². The minimum absolute atomic E-state index is 0.376. The van der Waals surface area contributed by atoms with Gasteiger partial charge in [-0.25, -0.2) is 0 Å². The van der Waals surface area contributed by atoms with Gasteiger partial charge < -0.3 is 14.5 Å². The van der Waals surface area contributed by atoms with Gasteiger partial charge in [0.1, 0.15) is 11.2 Å². The van der Waals surface area contributed by atoms with Gasteiger partial charge in [0.2, 0.25) is 0 Å². The Kier molecular flexibility index (Phi) is 2.34. The van der Waals surface area contributed by atoms with Crippen LogP contribution in [0.25, 0.3) is 21.9 Å². The molecule has 2 aromatic carbocycles. The van der Waals surface area contributed by atoms with Crippen LogP contribution in [-0.4, -0.2) is 17.2 Å². The van der Waals surface area contributed by atoms with Crippen molar-refractivity contribution in [2.45, 2.75) is 0 Å². The highest BCUT2D eigenvalue weighted by atomic mass is 16.4. The number of benzene rings is 2. The summed E-state index contributed by atoms with van der Waals surface area (Å²) >= 11 is 0. The summed E-state index contributed by atoms with van der Waals surface area (Å²) in [5.41, 5.74) is 2.08. The third kappa shape index (κ3) is 1.48. The van der Waals surface area contributed by atoms with Crippen LogP contribution in [0.15, 0.2) is 40.8 Å². The van der Waals surface area contributed by atoms with E-state index in [0.29, 0.717) is 33.0 Å². The average Bonchev–Trinajstić information content (AvgIpc) is 2.75. The van der Waals surface area contributed by atoms with Crippen LogP contribution in [0.5, 0.6) is 0 Å². The molecule has 0 spiro atoms. The van der Waals surface area contributed by atoms with E-state index < -0.39 is 7.12 Å². The molecule has 0 fully saturated rings.